The highest BCUT2D eigenvalue weighted by Gasteiger charge is 2.29. The predicted octanol–water partition coefficient (Wildman–Crippen LogP) is -2.82. The Hall–Kier alpha value is -0.200. The zero-order valence-electron chi connectivity index (χ0n) is 5.49. The summed E-state index contributed by atoms with van der Waals surface area (Å²) < 4.78 is 0. The maximum Gasteiger partial charge on any atom is 0.100 e. The van der Waals surface area contributed by atoms with Crippen LogP contribution in [0.25, 0.3) is 0 Å². The van der Waals surface area contributed by atoms with E-state index in [0.717, 1.165) is 0 Å². The molecule has 0 aromatic heterocycles. The van der Waals surface area contributed by atoms with Gasteiger partial charge >= 0.3 is 0 Å². The molecule has 0 unspecified atom stereocenters. The molecule has 1 heterocycles. The van der Waals surface area contributed by atoms with Crippen LogP contribution in [0.4, 0.5) is 0 Å². The van der Waals surface area contributed by atoms with E-state index in [-0.39, 0.29) is 6.61 Å². The molecule has 1 aliphatic heterocycles. The van der Waals surface area contributed by atoms with Gasteiger partial charge < -0.3 is 15.3 Å². The standard InChI is InChI=1S/C5H12N2O3/c8-2-3-5(10)4(9)1-6-7-3/h3-10H,1-2H2/t3-,4-,5+/m1/s1. The Balaban J connectivity index is 2.42. The number of nitrogens with one attached hydrogen (secondary N) is 2. The molecule has 0 aromatic carbocycles. The van der Waals surface area contributed by atoms with Gasteiger partial charge in [0, 0.05) is 6.54 Å². The van der Waals surface area contributed by atoms with E-state index >= 15 is 0 Å². The average Bonchev–Trinajstić information content (AvgIpc) is 1.95. The van der Waals surface area contributed by atoms with Crippen LogP contribution < -0.4 is 10.9 Å². The number of hydrogen-bond acceptors (Lipinski definition) is 5. The van der Waals surface area contributed by atoms with Crippen molar-refractivity contribution in [2.75, 3.05) is 13.2 Å². The summed E-state index contributed by atoms with van der Waals surface area (Å²) in [6.07, 6.45) is -1.68. The summed E-state index contributed by atoms with van der Waals surface area (Å²) in [4.78, 5) is 0. The van der Waals surface area contributed by atoms with E-state index in [1.807, 2.05) is 0 Å². The molecule has 0 radical (unpaired) electrons. The van der Waals surface area contributed by atoms with Crippen LogP contribution in [0.3, 0.4) is 0 Å². The minimum atomic E-state index is -0.883. The van der Waals surface area contributed by atoms with Crippen LogP contribution in [0, 0.1) is 0 Å². The van der Waals surface area contributed by atoms with Crippen molar-refractivity contribution >= 4 is 0 Å². The third-order valence-corrected chi connectivity index (χ3v) is 1.60. The third-order valence-electron chi connectivity index (χ3n) is 1.60. The van der Waals surface area contributed by atoms with Crippen molar-refractivity contribution < 1.29 is 15.3 Å². The molecule has 0 aliphatic carbocycles. The number of aliphatic hydroxyl groups is 3. The van der Waals surface area contributed by atoms with Gasteiger partial charge in [0.15, 0.2) is 0 Å². The van der Waals surface area contributed by atoms with Gasteiger partial charge in [0.1, 0.15) is 6.10 Å². The third kappa shape index (κ3) is 1.44. The summed E-state index contributed by atoms with van der Waals surface area (Å²) >= 11 is 0. The summed E-state index contributed by atoms with van der Waals surface area (Å²) in [5.74, 6) is 0. The summed E-state index contributed by atoms with van der Waals surface area (Å²) in [6.45, 7) is 0.114. The normalized spacial score (nSPS) is 41.7. The monoisotopic (exact) mass is 148 g/mol. The lowest BCUT2D eigenvalue weighted by atomic mass is 10.1. The molecule has 1 saturated heterocycles. The molecule has 1 rings (SSSR count). The van der Waals surface area contributed by atoms with Crippen molar-refractivity contribution in [1.82, 2.24) is 10.9 Å². The fourth-order valence-electron chi connectivity index (χ4n) is 0.923. The fourth-order valence-corrected chi connectivity index (χ4v) is 0.923. The van der Waals surface area contributed by atoms with Crippen LogP contribution in [-0.2, 0) is 0 Å². The number of β-amino-alcohol motifs (C(OH)–C–C–N with tert-alkyl or cyclic N) is 1. The van der Waals surface area contributed by atoms with E-state index in [4.69, 9.17) is 15.3 Å². The van der Waals surface area contributed by atoms with Gasteiger partial charge in [-0.15, -0.1) is 0 Å². The summed E-state index contributed by atoms with van der Waals surface area (Å²) in [5.41, 5.74) is 5.28. The quantitative estimate of drug-likeness (QED) is 0.277. The van der Waals surface area contributed by atoms with Gasteiger partial charge in [0.2, 0.25) is 0 Å². The van der Waals surface area contributed by atoms with E-state index in [2.05, 4.69) is 10.9 Å². The van der Waals surface area contributed by atoms with Gasteiger partial charge in [-0.25, -0.2) is 5.43 Å². The van der Waals surface area contributed by atoms with Crippen molar-refractivity contribution in [2.45, 2.75) is 18.2 Å². The molecule has 1 fully saturated rings. The van der Waals surface area contributed by atoms with E-state index in [1.54, 1.807) is 0 Å². The van der Waals surface area contributed by atoms with E-state index in [0.29, 0.717) is 6.54 Å². The molecule has 0 amide bonds. The van der Waals surface area contributed by atoms with Crippen molar-refractivity contribution in [1.29, 1.82) is 0 Å². The molecule has 3 atom stereocenters. The lowest BCUT2D eigenvalue weighted by molar-refractivity contribution is -0.0433. The molecule has 0 spiro atoms. The summed E-state index contributed by atoms with van der Waals surface area (Å²) in [5, 5.41) is 26.7. The lowest BCUT2D eigenvalue weighted by Gasteiger charge is -2.31. The zero-order chi connectivity index (χ0) is 7.56. The van der Waals surface area contributed by atoms with Gasteiger partial charge in [0.25, 0.3) is 0 Å². The van der Waals surface area contributed by atoms with Gasteiger partial charge in [-0.3, -0.25) is 5.43 Å². The van der Waals surface area contributed by atoms with Crippen LogP contribution in [0.5, 0.6) is 0 Å². The summed E-state index contributed by atoms with van der Waals surface area (Å²) in [7, 11) is 0. The molecule has 5 nitrogen and oxygen atoms in total. The number of aliphatic hydroxyl groups excluding tert-OH is 3. The smallest absolute Gasteiger partial charge is 0.100 e. The lowest BCUT2D eigenvalue weighted by Crippen LogP contribution is -2.62. The van der Waals surface area contributed by atoms with Crippen molar-refractivity contribution in [3.63, 3.8) is 0 Å². The van der Waals surface area contributed by atoms with Crippen molar-refractivity contribution in [3.05, 3.63) is 0 Å². The van der Waals surface area contributed by atoms with Crippen molar-refractivity contribution in [2.24, 2.45) is 0 Å². The van der Waals surface area contributed by atoms with Crippen LogP contribution in [0.15, 0.2) is 0 Å². The average molecular weight is 148 g/mol. The second-order valence-corrected chi connectivity index (χ2v) is 2.37. The fraction of sp³-hybridized carbons (Fsp3) is 1.00. The van der Waals surface area contributed by atoms with Gasteiger partial charge in [-0.1, -0.05) is 0 Å². The molecule has 0 aromatic rings. The first-order valence-corrected chi connectivity index (χ1v) is 3.21. The maximum atomic E-state index is 9.12. The highest BCUT2D eigenvalue weighted by atomic mass is 16.3. The van der Waals surface area contributed by atoms with E-state index in [9.17, 15) is 0 Å². The Morgan fingerprint density at radius 1 is 1.40 bits per heavy atom. The summed E-state index contributed by atoms with van der Waals surface area (Å²) in [6, 6.07) is -0.469. The Labute approximate surface area is 58.6 Å². The first-order chi connectivity index (χ1) is 4.75. The van der Waals surface area contributed by atoms with E-state index in [1.165, 1.54) is 0 Å². The molecular formula is C5H12N2O3. The SMILES string of the molecule is OC[C@H]1NNC[C@@H](O)[C@H]1O. The highest BCUT2D eigenvalue weighted by molar-refractivity contribution is 4.84. The molecule has 0 saturated carbocycles. The number of hydrazine groups is 1. The highest BCUT2D eigenvalue weighted by Crippen LogP contribution is 2.01. The molecule has 1 aliphatic rings. The van der Waals surface area contributed by atoms with Crippen LogP contribution >= 0.6 is 0 Å². The number of rotatable bonds is 1. The Morgan fingerprint density at radius 2 is 2.10 bits per heavy atom. The Kier molecular flexibility index (Phi) is 2.58. The molecule has 10 heavy (non-hydrogen) atoms. The molecular weight excluding hydrogens is 136 g/mol. The van der Waals surface area contributed by atoms with Crippen LogP contribution in [-0.4, -0.2) is 46.7 Å². The largest absolute Gasteiger partial charge is 0.395 e. The first-order valence-electron chi connectivity index (χ1n) is 3.21. The molecule has 5 heteroatoms. The minimum absolute atomic E-state index is 0.189. The number of hydrogen-bond donors (Lipinski definition) is 5. The minimum Gasteiger partial charge on any atom is -0.395 e. The molecule has 5 N–H and O–H groups in total. The molecule has 60 valence electrons. The van der Waals surface area contributed by atoms with Crippen LogP contribution in [0.1, 0.15) is 0 Å². The van der Waals surface area contributed by atoms with Crippen molar-refractivity contribution in [3.8, 4) is 0 Å². The predicted molar refractivity (Wildman–Crippen MR) is 34.0 cm³/mol. The van der Waals surface area contributed by atoms with E-state index < -0.39 is 18.2 Å². The van der Waals surface area contributed by atoms with Gasteiger partial charge in [-0.05, 0) is 0 Å². The van der Waals surface area contributed by atoms with Gasteiger partial charge in [-0.2, -0.15) is 0 Å². The Morgan fingerprint density at radius 3 is 2.60 bits per heavy atom. The van der Waals surface area contributed by atoms with Crippen LogP contribution in [0.2, 0.25) is 0 Å². The Bertz CT molecular complexity index is 111. The zero-order valence-corrected chi connectivity index (χ0v) is 5.49. The maximum absolute atomic E-state index is 9.12. The second-order valence-electron chi connectivity index (χ2n) is 2.37. The van der Waals surface area contributed by atoms with Gasteiger partial charge in [0.05, 0.1) is 18.8 Å². The second kappa shape index (κ2) is 3.27. The first kappa shape index (κ1) is 7.90. The topological polar surface area (TPSA) is 84.8 Å². The molecule has 0 bridgehead atoms.